The Morgan fingerprint density at radius 2 is 1.61 bits per heavy atom. The number of benzene rings is 4. The molecule has 0 bridgehead atoms. The van der Waals surface area contributed by atoms with E-state index in [1.54, 1.807) is 7.11 Å². The second-order valence-corrected chi connectivity index (χ2v) is 8.47. The number of carbonyl (C=O) groups is 1. The first-order chi connectivity index (χ1) is 16.0. The van der Waals surface area contributed by atoms with Crippen LogP contribution < -0.4 is 10.5 Å². The van der Waals surface area contributed by atoms with Gasteiger partial charge < -0.3 is 15.0 Å². The van der Waals surface area contributed by atoms with Crippen molar-refractivity contribution in [3.63, 3.8) is 0 Å². The van der Waals surface area contributed by atoms with Crippen LogP contribution in [-0.2, 0) is 6.54 Å². The Morgan fingerprint density at radius 3 is 2.33 bits per heavy atom. The van der Waals surface area contributed by atoms with Gasteiger partial charge in [-0.1, -0.05) is 48.5 Å². The second-order valence-electron chi connectivity index (χ2n) is 8.47. The van der Waals surface area contributed by atoms with E-state index in [-0.39, 0.29) is 0 Å². The summed E-state index contributed by atoms with van der Waals surface area (Å²) in [7, 11) is 1.67. The van der Waals surface area contributed by atoms with E-state index in [2.05, 4.69) is 73.0 Å². The number of carbonyl (C=O) groups excluding carboxylic acids is 1. The molecule has 0 atom stereocenters. The van der Waals surface area contributed by atoms with Crippen LogP contribution in [0.2, 0.25) is 0 Å². The molecule has 4 nitrogen and oxygen atoms in total. The minimum Gasteiger partial charge on any atom is -0.497 e. The lowest BCUT2D eigenvalue weighted by atomic mass is 10.0. The van der Waals surface area contributed by atoms with E-state index in [0.29, 0.717) is 12.1 Å². The number of aromatic nitrogens is 1. The fraction of sp³-hybridized carbons (Fsp3) is 0.138. The van der Waals surface area contributed by atoms with E-state index >= 15 is 0 Å². The van der Waals surface area contributed by atoms with E-state index in [0.717, 1.165) is 38.7 Å². The summed E-state index contributed by atoms with van der Waals surface area (Å²) in [5.41, 5.74) is 14.4. The third kappa shape index (κ3) is 3.54. The summed E-state index contributed by atoms with van der Waals surface area (Å²) in [5.74, 6) is 0.417. The summed E-state index contributed by atoms with van der Waals surface area (Å²) in [5, 5.41) is 1.94. The van der Waals surface area contributed by atoms with Crippen molar-refractivity contribution in [3.8, 4) is 16.9 Å². The van der Waals surface area contributed by atoms with Crippen molar-refractivity contribution in [1.82, 2.24) is 4.57 Å². The maximum Gasteiger partial charge on any atom is 0.249 e. The third-order valence-corrected chi connectivity index (χ3v) is 6.63. The van der Waals surface area contributed by atoms with Crippen molar-refractivity contribution < 1.29 is 9.53 Å². The molecule has 1 aromatic heterocycles. The number of ether oxygens (including phenoxy) is 1. The smallest absolute Gasteiger partial charge is 0.249 e. The predicted octanol–water partition coefficient (Wildman–Crippen LogP) is 6.23. The summed E-state index contributed by atoms with van der Waals surface area (Å²) in [6, 6.07) is 26.7. The second kappa shape index (κ2) is 8.14. The molecular weight excluding hydrogens is 408 g/mol. The van der Waals surface area contributed by atoms with Crippen molar-refractivity contribution in [2.24, 2.45) is 5.73 Å². The lowest BCUT2D eigenvalue weighted by Crippen LogP contribution is -2.11. The zero-order valence-electron chi connectivity index (χ0n) is 19.1. The number of nitrogens with two attached hydrogens (primary N) is 1. The molecule has 0 unspecified atom stereocenters. The monoisotopic (exact) mass is 434 g/mol. The van der Waals surface area contributed by atoms with Crippen molar-refractivity contribution in [1.29, 1.82) is 0 Å². The minimum absolute atomic E-state index is 0.411. The highest BCUT2D eigenvalue weighted by Gasteiger charge is 2.18. The quantitative estimate of drug-likeness (QED) is 0.356. The summed E-state index contributed by atoms with van der Waals surface area (Å²) in [4.78, 5) is 12.3. The molecule has 0 aliphatic rings. The zero-order valence-corrected chi connectivity index (χ0v) is 19.1. The number of aryl methyl sites for hydroxylation is 1. The molecule has 4 aromatic carbocycles. The SMILES string of the molecule is COc1ccc(-c2ccc3c4c(C(N)=O)cccc4n(Cc4cccc(C)c4C)c3c2)cc1. The van der Waals surface area contributed by atoms with Gasteiger partial charge in [0.2, 0.25) is 5.91 Å². The fourth-order valence-electron chi connectivity index (χ4n) is 4.64. The first-order valence-electron chi connectivity index (χ1n) is 11.0. The number of hydrogen-bond acceptors (Lipinski definition) is 2. The Bertz CT molecular complexity index is 1510. The predicted molar refractivity (Wildman–Crippen MR) is 135 cm³/mol. The Labute approximate surface area is 193 Å². The lowest BCUT2D eigenvalue weighted by molar-refractivity contribution is 0.100. The average molecular weight is 435 g/mol. The maximum absolute atomic E-state index is 12.3. The Hall–Kier alpha value is -4.05. The third-order valence-electron chi connectivity index (χ3n) is 6.63. The van der Waals surface area contributed by atoms with Gasteiger partial charge in [-0.3, -0.25) is 4.79 Å². The number of hydrogen-bond donors (Lipinski definition) is 1. The van der Waals surface area contributed by atoms with Crippen LogP contribution in [0.1, 0.15) is 27.0 Å². The molecule has 4 heteroatoms. The molecule has 1 heterocycles. The molecule has 0 fully saturated rings. The molecule has 1 amide bonds. The summed E-state index contributed by atoms with van der Waals surface area (Å²) in [6.07, 6.45) is 0. The molecular formula is C29H26N2O2. The summed E-state index contributed by atoms with van der Waals surface area (Å²) < 4.78 is 7.61. The first kappa shape index (κ1) is 20.8. The summed E-state index contributed by atoms with van der Waals surface area (Å²) in [6.45, 7) is 5.01. The number of rotatable bonds is 5. The molecule has 0 aliphatic carbocycles. The Balaban J connectivity index is 1.78. The molecule has 5 aromatic rings. The Morgan fingerprint density at radius 1 is 0.879 bits per heavy atom. The first-order valence-corrected chi connectivity index (χ1v) is 11.0. The molecule has 0 saturated carbocycles. The molecule has 5 rings (SSSR count). The average Bonchev–Trinajstić information content (AvgIpc) is 3.15. The standard InChI is InChI=1S/C29H26N2O2/c1-18-6-4-7-22(19(18)2)17-31-26-9-5-8-25(29(30)32)28(26)24-15-12-21(16-27(24)31)20-10-13-23(33-3)14-11-20/h4-16H,17H2,1-3H3,(H2,30,32). The molecule has 164 valence electrons. The van der Waals surface area contributed by atoms with Crippen molar-refractivity contribution >= 4 is 27.7 Å². The van der Waals surface area contributed by atoms with E-state index in [4.69, 9.17) is 10.5 Å². The molecule has 0 radical (unpaired) electrons. The van der Waals surface area contributed by atoms with Crippen LogP contribution in [0.25, 0.3) is 32.9 Å². The van der Waals surface area contributed by atoms with Crippen molar-refractivity contribution in [2.75, 3.05) is 7.11 Å². The topological polar surface area (TPSA) is 57.2 Å². The highest BCUT2D eigenvalue weighted by molar-refractivity contribution is 6.18. The van der Waals surface area contributed by atoms with Gasteiger partial charge in [-0.25, -0.2) is 0 Å². The maximum atomic E-state index is 12.3. The van der Waals surface area contributed by atoms with Crippen LogP contribution in [0.4, 0.5) is 0 Å². The molecule has 2 N–H and O–H groups in total. The van der Waals surface area contributed by atoms with Gasteiger partial charge in [-0.2, -0.15) is 0 Å². The van der Waals surface area contributed by atoms with Crippen LogP contribution in [-0.4, -0.2) is 17.6 Å². The van der Waals surface area contributed by atoms with Gasteiger partial charge in [0.05, 0.1) is 18.1 Å². The lowest BCUT2D eigenvalue weighted by Gasteiger charge is -2.13. The van der Waals surface area contributed by atoms with Gasteiger partial charge >= 0.3 is 0 Å². The zero-order chi connectivity index (χ0) is 23.1. The van der Waals surface area contributed by atoms with E-state index < -0.39 is 5.91 Å². The Kier molecular flexibility index (Phi) is 5.14. The molecule has 33 heavy (non-hydrogen) atoms. The van der Waals surface area contributed by atoms with E-state index in [1.165, 1.54) is 16.7 Å². The summed E-state index contributed by atoms with van der Waals surface area (Å²) >= 11 is 0. The van der Waals surface area contributed by atoms with Crippen LogP contribution in [0, 0.1) is 13.8 Å². The van der Waals surface area contributed by atoms with Gasteiger partial charge in [0, 0.05) is 22.9 Å². The van der Waals surface area contributed by atoms with Crippen LogP contribution >= 0.6 is 0 Å². The molecule has 0 saturated heterocycles. The van der Waals surface area contributed by atoms with Gasteiger partial charge in [0.25, 0.3) is 0 Å². The number of fused-ring (bicyclic) bond motifs is 3. The minimum atomic E-state index is -0.411. The number of methoxy groups -OCH3 is 1. The van der Waals surface area contributed by atoms with Crippen molar-refractivity contribution in [3.05, 3.63) is 101 Å². The van der Waals surface area contributed by atoms with Crippen LogP contribution in [0.3, 0.4) is 0 Å². The number of amides is 1. The fourth-order valence-corrected chi connectivity index (χ4v) is 4.64. The number of nitrogens with zero attached hydrogens (tertiary/aromatic N) is 1. The van der Waals surface area contributed by atoms with Crippen LogP contribution in [0.15, 0.2) is 78.9 Å². The highest BCUT2D eigenvalue weighted by atomic mass is 16.5. The van der Waals surface area contributed by atoms with E-state index in [9.17, 15) is 4.79 Å². The van der Waals surface area contributed by atoms with Crippen LogP contribution in [0.5, 0.6) is 5.75 Å². The van der Waals surface area contributed by atoms with Gasteiger partial charge in [0.1, 0.15) is 5.75 Å². The molecule has 0 spiro atoms. The molecule has 0 aliphatic heterocycles. The van der Waals surface area contributed by atoms with E-state index in [1.807, 2.05) is 24.3 Å². The normalized spacial score (nSPS) is 11.2. The van der Waals surface area contributed by atoms with Gasteiger partial charge in [0.15, 0.2) is 0 Å². The largest absolute Gasteiger partial charge is 0.497 e. The number of primary amides is 1. The van der Waals surface area contributed by atoms with Gasteiger partial charge in [-0.15, -0.1) is 0 Å². The van der Waals surface area contributed by atoms with Gasteiger partial charge in [-0.05, 0) is 72.0 Å². The van der Waals surface area contributed by atoms with Crippen molar-refractivity contribution in [2.45, 2.75) is 20.4 Å². The highest BCUT2D eigenvalue weighted by Crippen LogP contribution is 2.35.